The van der Waals surface area contributed by atoms with Crippen LogP contribution >= 0.6 is 0 Å². The summed E-state index contributed by atoms with van der Waals surface area (Å²) >= 11 is 0. The SMILES string of the molecule is C=CC1=C(C=C)N(C)CCN1.CC=N.CCCCCC=O. The maximum Gasteiger partial charge on any atom is 0.119 e. The highest BCUT2D eigenvalue weighted by molar-refractivity contribution is 5.49. The van der Waals surface area contributed by atoms with Crippen molar-refractivity contribution in [3.63, 3.8) is 0 Å². The molecule has 0 aromatic rings. The molecule has 0 amide bonds. The summed E-state index contributed by atoms with van der Waals surface area (Å²) in [6.07, 6.45) is 10.1. The molecule has 0 spiro atoms. The molecule has 0 atom stereocenters. The third kappa shape index (κ3) is 11.7. The minimum Gasteiger partial charge on any atom is -0.382 e. The van der Waals surface area contributed by atoms with E-state index in [2.05, 4.69) is 37.3 Å². The van der Waals surface area contributed by atoms with E-state index in [4.69, 9.17) is 5.41 Å². The van der Waals surface area contributed by atoms with E-state index in [0.717, 1.165) is 43.6 Å². The van der Waals surface area contributed by atoms with Crippen molar-refractivity contribution in [3.8, 4) is 0 Å². The van der Waals surface area contributed by atoms with Gasteiger partial charge in [0.15, 0.2) is 0 Å². The minimum atomic E-state index is 0.744. The summed E-state index contributed by atoms with van der Waals surface area (Å²) in [4.78, 5) is 11.8. The van der Waals surface area contributed by atoms with Gasteiger partial charge < -0.3 is 20.4 Å². The zero-order chi connectivity index (χ0) is 16.5. The molecular formula is C17H31N3O. The van der Waals surface area contributed by atoms with Gasteiger partial charge in [0.1, 0.15) is 6.29 Å². The van der Waals surface area contributed by atoms with E-state index in [-0.39, 0.29) is 0 Å². The quantitative estimate of drug-likeness (QED) is 0.447. The summed E-state index contributed by atoms with van der Waals surface area (Å²) in [6.45, 7) is 13.3. The van der Waals surface area contributed by atoms with Crippen molar-refractivity contribution in [3.05, 3.63) is 36.7 Å². The average Bonchev–Trinajstić information content (AvgIpc) is 2.49. The number of carbonyl (C=O) groups is 1. The molecule has 0 saturated carbocycles. The van der Waals surface area contributed by atoms with Crippen LogP contribution in [0.3, 0.4) is 0 Å². The van der Waals surface area contributed by atoms with Crippen LogP contribution < -0.4 is 5.32 Å². The summed E-state index contributed by atoms with van der Waals surface area (Å²) < 4.78 is 0. The Labute approximate surface area is 130 Å². The van der Waals surface area contributed by atoms with E-state index < -0.39 is 0 Å². The van der Waals surface area contributed by atoms with Gasteiger partial charge in [0.05, 0.1) is 11.4 Å². The Hall–Kier alpha value is -1.84. The van der Waals surface area contributed by atoms with Crippen molar-refractivity contribution >= 4 is 12.5 Å². The fourth-order valence-corrected chi connectivity index (χ4v) is 1.70. The summed E-state index contributed by atoms with van der Waals surface area (Å²) in [7, 11) is 2.06. The molecule has 0 unspecified atom stereocenters. The van der Waals surface area contributed by atoms with Crippen molar-refractivity contribution < 1.29 is 4.79 Å². The number of unbranched alkanes of at least 4 members (excludes halogenated alkanes) is 3. The van der Waals surface area contributed by atoms with Crippen LogP contribution in [0.15, 0.2) is 36.7 Å². The highest BCUT2D eigenvalue weighted by Gasteiger charge is 2.10. The van der Waals surface area contributed by atoms with E-state index in [9.17, 15) is 4.79 Å². The van der Waals surface area contributed by atoms with Gasteiger partial charge in [-0.15, -0.1) is 0 Å². The van der Waals surface area contributed by atoms with Gasteiger partial charge in [-0.1, -0.05) is 32.9 Å². The lowest BCUT2D eigenvalue weighted by Gasteiger charge is -2.28. The molecule has 4 heteroatoms. The fourth-order valence-electron chi connectivity index (χ4n) is 1.70. The molecule has 0 aromatic carbocycles. The number of nitrogens with one attached hydrogen (secondary N) is 2. The third-order valence-electron chi connectivity index (χ3n) is 2.77. The van der Waals surface area contributed by atoms with Gasteiger partial charge in [0.25, 0.3) is 0 Å². The van der Waals surface area contributed by atoms with Crippen molar-refractivity contribution in [2.45, 2.75) is 39.5 Å². The second kappa shape index (κ2) is 16.2. The van der Waals surface area contributed by atoms with E-state index in [0.29, 0.717) is 0 Å². The van der Waals surface area contributed by atoms with Gasteiger partial charge in [0, 0.05) is 26.6 Å². The maximum absolute atomic E-state index is 9.68. The van der Waals surface area contributed by atoms with Gasteiger partial charge in [-0.2, -0.15) is 0 Å². The molecule has 1 heterocycles. The standard InChI is InChI=1S/C9H14N2.C6H12O.C2H5N/c1-4-8-9(5-2)11(3)7-6-10-8;1-2-3-4-5-6-7;1-2-3/h4-5,10H,1-2,6-7H2,3H3;6H,2-5H2,1H3;2-3H,1H3. The molecule has 21 heavy (non-hydrogen) atoms. The first-order valence-electron chi connectivity index (χ1n) is 7.45. The number of rotatable bonds is 6. The van der Waals surface area contributed by atoms with E-state index in [1.54, 1.807) is 6.92 Å². The summed E-state index contributed by atoms with van der Waals surface area (Å²) in [6, 6.07) is 0. The maximum atomic E-state index is 9.68. The molecule has 0 fully saturated rings. The second-order valence-corrected chi connectivity index (χ2v) is 4.51. The largest absolute Gasteiger partial charge is 0.382 e. The van der Waals surface area contributed by atoms with Crippen LogP contribution in [-0.4, -0.2) is 37.5 Å². The van der Waals surface area contributed by atoms with Gasteiger partial charge in [-0.3, -0.25) is 0 Å². The van der Waals surface area contributed by atoms with Crippen LogP contribution in [0.2, 0.25) is 0 Å². The highest BCUT2D eigenvalue weighted by atomic mass is 16.1. The first-order chi connectivity index (χ1) is 10.1. The second-order valence-electron chi connectivity index (χ2n) is 4.51. The normalized spacial score (nSPS) is 12.8. The van der Waals surface area contributed by atoms with Gasteiger partial charge in [-0.05, 0) is 31.7 Å². The molecule has 0 aliphatic carbocycles. The van der Waals surface area contributed by atoms with Gasteiger partial charge in [0.2, 0.25) is 0 Å². The van der Waals surface area contributed by atoms with Crippen LogP contribution in [0.1, 0.15) is 39.5 Å². The zero-order valence-electron chi connectivity index (χ0n) is 13.8. The Bertz CT molecular complexity index is 335. The molecule has 0 aromatic heterocycles. The van der Waals surface area contributed by atoms with Gasteiger partial charge in [-0.25, -0.2) is 0 Å². The Kier molecular flexibility index (Phi) is 16.6. The Morgan fingerprint density at radius 1 is 1.33 bits per heavy atom. The van der Waals surface area contributed by atoms with E-state index in [1.807, 2.05) is 12.2 Å². The molecule has 0 saturated heterocycles. The third-order valence-corrected chi connectivity index (χ3v) is 2.77. The van der Waals surface area contributed by atoms with Crippen LogP contribution in [0, 0.1) is 5.41 Å². The molecular weight excluding hydrogens is 262 g/mol. The van der Waals surface area contributed by atoms with Crippen molar-refractivity contribution in [1.82, 2.24) is 10.2 Å². The monoisotopic (exact) mass is 293 g/mol. The number of aldehydes is 1. The number of hydrogen-bond donors (Lipinski definition) is 2. The minimum absolute atomic E-state index is 0.744. The molecule has 0 bridgehead atoms. The molecule has 0 radical (unpaired) electrons. The number of carbonyl (C=O) groups excluding carboxylic acids is 1. The lowest BCUT2D eigenvalue weighted by atomic mass is 10.2. The highest BCUT2D eigenvalue weighted by Crippen LogP contribution is 2.11. The molecule has 2 N–H and O–H groups in total. The Morgan fingerprint density at radius 3 is 2.33 bits per heavy atom. The van der Waals surface area contributed by atoms with Crippen molar-refractivity contribution in [2.24, 2.45) is 0 Å². The van der Waals surface area contributed by atoms with Crippen LogP contribution in [0.4, 0.5) is 0 Å². The lowest BCUT2D eigenvalue weighted by Crippen LogP contribution is -2.35. The lowest BCUT2D eigenvalue weighted by molar-refractivity contribution is -0.107. The predicted molar refractivity (Wildman–Crippen MR) is 92.7 cm³/mol. The molecule has 4 nitrogen and oxygen atoms in total. The average molecular weight is 293 g/mol. The molecule has 1 aliphatic rings. The molecule has 1 aliphatic heterocycles. The predicted octanol–water partition coefficient (Wildman–Crippen LogP) is 3.53. The topological polar surface area (TPSA) is 56.2 Å². The van der Waals surface area contributed by atoms with Crippen LogP contribution in [0.25, 0.3) is 0 Å². The number of allylic oxidation sites excluding steroid dienone is 2. The smallest absolute Gasteiger partial charge is 0.119 e. The van der Waals surface area contributed by atoms with Crippen LogP contribution in [0.5, 0.6) is 0 Å². The van der Waals surface area contributed by atoms with E-state index in [1.165, 1.54) is 19.1 Å². The molecule has 1 rings (SSSR count). The summed E-state index contributed by atoms with van der Waals surface area (Å²) in [5, 5.41) is 9.33. The zero-order valence-corrected chi connectivity index (χ0v) is 13.8. The summed E-state index contributed by atoms with van der Waals surface area (Å²) in [5.41, 5.74) is 2.21. The Balaban J connectivity index is 0. The van der Waals surface area contributed by atoms with Crippen molar-refractivity contribution in [2.75, 3.05) is 20.1 Å². The first-order valence-corrected chi connectivity index (χ1v) is 7.45. The van der Waals surface area contributed by atoms with E-state index >= 15 is 0 Å². The fraction of sp³-hybridized carbons (Fsp3) is 0.529. The van der Waals surface area contributed by atoms with Crippen LogP contribution in [-0.2, 0) is 4.79 Å². The number of likely N-dealkylation sites (N-methyl/N-ethyl adjacent to an activating group) is 1. The Morgan fingerprint density at radius 2 is 1.95 bits per heavy atom. The molecule has 120 valence electrons. The van der Waals surface area contributed by atoms with Gasteiger partial charge >= 0.3 is 0 Å². The summed E-state index contributed by atoms with van der Waals surface area (Å²) in [5.74, 6) is 0. The number of nitrogens with zero attached hydrogens (tertiary/aromatic N) is 1. The van der Waals surface area contributed by atoms with Crippen molar-refractivity contribution in [1.29, 1.82) is 5.41 Å². The number of hydrogen-bond acceptors (Lipinski definition) is 4. The first kappa shape index (κ1) is 21.5.